The number of halogens is 2. The van der Waals surface area contributed by atoms with Crippen LogP contribution in [-0.2, 0) is 11.2 Å². The third kappa shape index (κ3) is 5.67. The number of hydrogen-bond acceptors (Lipinski definition) is 3. The summed E-state index contributed by atoms with van der Waals surface area (Å²) in [5, 5.41) is 12.1. The standard InChI is InChI=1S/C19H20F2N2O4/c1-23(16(17(24)25)14-8-3-2-4-9-14)19(26)22-12-11-13-7-5-6-10-15(13)27-18(20)21/h2-10,16,18H,11-12H2,1H3,(H,22,26)(H,24,25). The van der Waals surface area contributed by atoms with Crippen LogP contribution in [0.3, 0.4) is 0 Å². The van der Waals surface area contributed by atoms with Gasteiger partial charge < -0.3 is 20.1 Å². The van der Waals surface area contributed by atoms with Crippen LogP contribution in [0.1, 0.15) is 17.2 Å². The Balaban J connectivity index is 1.98. The molecule has 0 saturated carbocycles. The van der Waals surface area contributed by atoms with E-state index in [2.05, 4.69) is 10.1 Å². The normalized spacial score (nSPS) is 11.7. The predicted molar refractivity (Wildman–Crippen MR) is 94.8 cm³/mol. The molecule has 0 aliphatic carbocycles. The number of carbonyl (C=O) groups is 2. The fourth-order valence-corrected chi connectivity index (χ4v) is 2.63. The molecule has 0 fully saturated rings. The van der Waals surface area contributed by atoms with Gasteiger partial charge in [-0.05, 0) is 23.6 Å². The van der Waals surface area contributed by atoms with Crippen molar-refractivity contribution in [1.82, 2.24) is 10.2 Å². The van der Waals surface area contributed by atoms with Crippen molar-refractivity contribution >= 4 is 12.0 Å². The van der Waals surface area contributed by atoms with Crippen LogP contribution in [0.2, 0.25) is 0 Å². The maximum Gasteiger partial charge on any atom is 0.387 e. The first kappa shape index (κ1) is 20.2. The van der Waals surface area contributed by atoms with Crippen LogP contribution in [0.25, 0.3) is 0 Å². The number of carbonyl (C=O) groups excluding carboxylic acids is 1. The molecule has 0 heterocycles. The summed E-state index contributed by atoms with van der Waals surface area (Å²) in [7, 11) is 1.38. The molecule has 0 radical (unpaired) electrons. The van der Waals surface area contributed by atoms with Crippen molar-refractivity contribution in [2.24, 2.45) is 0 Å². The lowest BCUT2D eigenvalue weighted by molar-refractivity contribution is -0.142. The topological polar surface area (TPSA) is 78.9 Å². The fourth-order valence-electron chi connectivity index (χ4n) is 2.63. The molecule has 2 rings (SSSR count). The van der Waals surface area contributed by atoms with Gasteiger partial charge in [-0.3, -0.25) is 0 Å². The number of likely N-dealkylation sites (N-methyl/N-ethyl adjacent to an activating group) is 1. The molecule has 0 spiro atoms. The Morgan fingerprint density at radius 1 is 1.11 bits per heavy atom. The van der Waals surface area contributed by atoms with Gasteiger partial charge in [-0.1, -0.05) is 48.5 Å². The van der Waals surface area contributed by atoms with Gasteiger partial charge in [0, 0.05) is 13.6 Å². The van der Waals surface area contributed by atoms with Crippen molar-refractivity contribution in [2.45, 2.75) is 19.1 Å². The van der Waals surface area contributed by atoms with Crippen LogP contribution in [0.4, 0.5) is 13.6 Å². The molecular formula is C19H20F2N2O4. The molecule has 0 aliphatic rings. The van der Waals surface area contributed by atoms with Crippen molar-refractivity contribution in [3.8, 4) is 5.75 Å². The van der Waals surface area contributed by atoms with Crippen molar-refractivity contribution in [3.05, 3.63) is 65.7 Å². The van der Waals surface area contributed by atoms with E-state index in [9.17, 15) is 23.5 Å². The second-order valence-corrected chi connectivity index (χ2v) is 5.73. The molecule has 0 saturated heterocycles. The van der Waals surface area contributed by atoms with E-state index in [-0.39, 0.29) is 18.7 Å². The van der Waals surface area contributed by atoms with E-state index >= 15 is 0 Å². The average molecular weight is 378 g/mol. The Morgan fingerprint density at radius 3 is 2.37 bits per heavy atom. The van der Waals surface area contributed by atoms with Gasteiger partial charge in [-0.2, -0.15) is 8.78 Å². The second-order valence-electron chi connectivity index (χ2n) is 5.73. The molecule has 8 heteroatoms. The number of para-hydroxylation sites is 1. The first-order valence-corrected chi connectivity index (χ1v) is 8.21. The van der Waals surface area contributed by atoms with Crippen LogP contribution >= 0.6 is 0 Å². The number of benzene rings is 2. The lowest BCUT2D eigenvalue weighted by atomic mass is 10.1. The van der Waals surface area contributed by atoms with Crippen molar-refractivity contribution in [3.63, 3.8) is 0 Å². The van der Waals surface area contributed by atoms with E-state index in [1.54, 1.807) is 48.5 Å². The molecule has 0 aliphatic heterocycles. The number of ether oxygens (including phenoxy) is 1. The first-order chi connectivity index (χ1) is 12.9. The van der Waals surface area contributed by atoms with Gasteiger partial charge in [0.05, 0.1) is 0 Å². The molecule has 2 amide bonds. The predicted octanol–water partition coefficient (Wildman–Crippen LogP) is 3.30. The van der Waals surface area contributed by atoms with Crippen LogP contribution < -0.4 is 10.1 Å². The smallest absolute Gasteiger partial charge is 0.387 e. The zero-order valence-electron chi connectivity index (χ0n) is 14.6. The number of alkyl halides is 2. The van der Waals surface area contributed by atoms with Crippen LogP contribution in [0.15, 0.2) is 54.6 Å². The summed E-state index contributed by atoms with van der Waals surface area (Å²) in [6.07, 6.45) is 0.256. The molecular weight excluding hydrogens is 358 g/mol. The third-order valence-electron chi connectivity index (χ3n) is 3.92. The quantitative estimate of drug-likeness (QED) is 0.739. The van der Waals surface area contributed by atoms with Crippen molar-refractivity contribution in [1.29, 1.82) is 0 Å². The van der Waals surface area contributed by atoms with E-state index in [1.165, 1.54) is 13.1 Å². The first-order valence-electron chi connectivity index (χ1n) is 8.21. The lowest BCUT2D eigenvalue weighted by Gasteiger charge is -2.25. The maximum atomic E-state index is 12.4. The van der Waals surface area contributed by atoms with Crippen LogP contribution in [0.5, 0.6) is 5.75 Å². The Morgan fingerprint density at radius 2 is 1.74 bits per heavy atom. The highest BCUT2D eigenvalue weighted by atomic mass is 19.3. The summed E-state index contributed by atoms with van der Waals surface area (Å²) in [5.74, 6) is -1.11. The number of carboxylic acid groups (broad SMARTS) is 1. The van der Waals surface area contributed by atoms with Gasteiger partial charge in [-0.25, -0.2) is 9.59 Å². The maximum absolute atomic E-state index is 12.4. The fraction of sp³-hybridized carbons (Fsp3) is 0.263. The summed E-state index contributed by atoms with van der Waals surface area (Å²) in [6, 6.07) is 13.0. The Bertz CT molecular complexity index is 771. The summed E-state index contributed by atoms with van der Waals surface area (Å²) in [6.45, 7) is -2.80. The largest absolute Gasteiger partial charge is 0.479 e. The highest BCUT2D eigenvalue weighted by molar-refractivity contribution is 5.83. The number of urea groups is 1. The summed E-state index contributed by atoms with van der Waals surface area (Å²) in [5.41, 5.74) is 0.983. The van der Waals surface area contributed by atoms with Gasteiger partial charge in [0.25, 0.3) is 0 Å². The number of nitrogens with zero attached hydrogens (tertiary/aromatic N) is 1. The number of nitrogens with one attached hydrogen (secondary N) is 1. The average Bonchev–Trinajstić information content (AvgIpc) is 2.63. The van der Waals surface area contributed by atoms with E-state index in [0.29, 0.717) is 11.1 Å². The van der Waals surface area contributed by atoms with E-state index in [4.69, 9.17) is 0 Å². The van der Waals surface area contributed by atoms with Gasteiger partial charge >= 0.3 is 18.6 Å². The molecule has 1 atom stereocenters. The Labute approximate surface area is 155 Å². The molecule has 2 N–H and O–H groups in total. The summed E-state index contributed by atoms with van der Waals surface area (Å²) in [4.78, 5) is 25.0. The van der Waals surface area contributed by atoms with Crippen molar-refractivity contribution < 1.29 is 28.2 Å². The summed E-state index contributed by atoms with van der Waals surface area (Å²) < 4.78 is 29.3. The van der Waals surface area contributed by atoms with Gasteiger partial charge in [0.15, 0.2) is 6.04 Å². The van der Waals surface area contributed by atoms with Gasteiger partial charge in [-0.15, -0.1) is 0 Å². The molecule has 2 aromatic carbocycles. The molecule has 6 nitrogen and oxygen atoms in total. The second kappa shape index (κ2) is 9.51. The van der Waals surface area contributed by atoms with Crippen LogP contribution in [-0.4, -0.2) is 42.2 Å². The minimum absolute atomic E-state index is 0.0443. The monoisotopic (exact) mass is 378 g/mol. The zero-order valence-corrected chi connectivity index (χ0v) is 14.6. The molecule has 0 aromatic heterocycles. The Hall–Kier alpha value is -3.16. The number of hydrogen-bond donors (Lipinski definition) is 2. The molecule has 0 bridgehead atoms. The molecule has 144 valence electrons. The zero-order chi connectivity index (χ0) is 19.8. The lowest BCUT2D eigenvalue weighted by Crippen LogP contribution is -2.43. The number of carboxylic acids is 1. The number of rotatable bonds is 8. The molecule has 1 unspecified atom stereocenters. The van der Waals surface area contributed by atoms with E-state index in [0.717, 1.165) is 4.90 Å². The van der Waals surface area contributed by atoms with E-state index in [1.807, 2.05) is 0 Å². The molecule has 27 heavy (non-hydrogen) atoms. The minimum atomic E-state index is -2.94. The summed E-state index contributed by atoms with van der Waals surface area (Å²) >= 11 is 0. The minimum Gasteiger partial charge on any atom is -0.479 e. The van der Waals surface area contributed by atoms with Crippen molar-refractivity contribution in [2.75, 3.05) is 13.6 Å². The van der Waals surface area contributed by atoms with E-state index < -0.39 is 24.7 Å². The SMILES string of the molecule is CN(C(=O)NCCc1ccccc1OC(F)F)C(C(=O)O)c1ccccc1. The van der Waals surface area contributed by atoms with Gasteiger partial charge in [0.1, 0.15) is 5.75 Å². The number of aliphatic carboxylic acids is 1. The third-order valence-corrected chi connectivity index (χ3v) is 3.92. The highest BCUT2D eigenvalue weighted by Gasteiger charge is 2.28. The number of amides is 2. The molecule has 2 aromatic rings. The van der Waals surface area contributed by atoms with Crippen LogP contribution in [0, 0.1) is 0 Å². The highest BCUT2D eigenvalue weighted by Crippen LogP contribution is 2.21. The Kier molecular flexibility index (Phi) is 7.10. The van der Waals surface area contributed by atoms with Gasteiger partial charge in [0.2, 0.25) is 0 Å².